The van der Waals surface area contributed by atoms with E-state index >= 15 is 0 Å². The van der Waals surface area contributed by atoms with E-state index in [1.165, 1.54) is 24.3 Å². The van der Waals surface area contributed by atoms with Gasteiger partial charge in [-0.05, 0) is 35.4 Å². The van der Waals surface area contributed by atoms with E-state index in [4.69, 9.17) is 11.6 Å². The first-order valence-corrected chi connectivity index (χ1v) is 6.13. The summed E-state index contributed by atoms with van der Waals surface area (Å²) in [7, 11) is 0. The normalized spacial score (nSPS) is 10.5. The molecule has 4 heteroatoms. The van der Waals surface area contributed by atoms with Gasteiger partial charge in [-0.15, -0.1) is 0 Å². The number of rotatable bonds is 4. The number of Topliss-reactive ketones (excluding diaryl/α,β-unsaturated/α-hetero) is 1. The van der Waals surface area contributed by atoms with Crippen molar-refractivity contribution in [3.05, 3.63) is 70.2 Å². The molecule has 1 nitrogen and oxygen atoms in total. The summed E-state index contributed by atoms with van der Waals surface area (Å²) in [4.78, 5) is 11.8. The molecule has 0 N–H and O–H groups in total. The SMILES string of the molecule is O=C(Cc1ccccc1F)Cc1cc(F)ccc1Cl. The van der Waals surface area contributed by atoms with Crippen LogP contribution in [0.15, 0.2) is 42.5 Å². The molecule has 0 fully saturated rings. The third-order valence-corrected chi connectivity index (χ3v) is 3.11. The van der Waals surface area contributed by atoms with Crippen molar-refractivity contribution >= 4 is 17.4 Å². The Morgan fingerprint density at radius 2 is 1.68 bits per heavy atom. The van der Waals surface area contributed by atoms with Crippen molar-refractivity contribution in [2.75, 3.05) is 0 Å². The van der Waals surface area contributed by atoms with Gasteiger partial charge in [0.05, 0.1) is 0 Å². The second kappa shape index (κ2) is 5.93. The molecule has 2 aromatic carbocycles. The van der Waals surface area contributed by atoms with Crippen LogP contribution in [0.4, 0.5) is 8.78 Å². The smallest absolute Gasteiger partial charge is 0.141 e. The van der Waals surface area contributed by atoms with Gasteiger partial charge in [-0.3, -0.25) is 4.79 Å². The van der Waals surface area contributed by atoms with E-state index in [-0.39, 0.29) is 18.6 Å². The van der Waals surface area contributed by atoms with Gasteiger partial charge in [0.15, 0.2) is 0 Å². The van der Waals surface area contributed by atoms with Gasteiger partial charge in [-0.25, -0.2) is 8.78 Å². The fourth-order valence-electron chi connectivity index (χ4n) is 1.81. The number of hydrogen-bond acceptors (Lipinski definition) is 1. The molecule has 0 aliphatic rings. The van der Waals surface area contributed by atoms with E-state index in [0.717, 1.165) is 0 Å². The molecule has 0 heterocycles. The van der Waals surface area contributed by atoms with Gasteiger partial charge >= 0.3 is 0 Å². The van der Waals surface area contributed by atoms with E-state index in [2.05, 4.69) is 0 Å². The molecule has 0 unspecified atom stereocenters. The first kappa shape index (κ1) is 13.7. The Morgan fingerprint density at radius 3 is 2.42 bits per heavy atom. The first-order chi connectivity index (χ1) is 9.06. The Balaban J connectivity index is 2.10. The van der Waals surface area contributed by atoms with Crippen molar-refractivity contribution in [2.24, 2.45) is 0 Å². The predicted molar refractivity (Wildman–Crippen MR) is 70.2 cm³/mol. The van der Waals surface area contributed by atoms with Crippen molar-refractivity contribution in [3.63, 3.8) is 0 Å². The van der Waals surface area contributed by atoms with E-state index in [9.17, 15) is 13.6 Å². The third-order valence-electron chi connectivity index (χ3n) is 2.74. The fourth-order valence-corrected chi connectivity index (χ4v) is 1.99. The molecule has 0 aliphatic carbocycles. The van der Waals surface area contributed by atoms with Crippen LogP contribution in [-0.2, 0) is 17.6 Å². The average Bonchev–Trinajstić information content (AvgIpc) is 2.37. The quantitative estimate of drug-likeness (QED) is 0.828. The standard InChI is InChI=1S/C15H11ClF2O/c16-14-6-5-12(17)7-11(14)9-13(19)8-10-3-1-2-4-15(10)18/h1-7H,8-9H2. The van der Waals surface area contributed by atoms with Gasteiger partial charge in [0.2, 0.25) is 0 Å². The van der Waals surface area contributed by atoms with Crippen LogP contribution >= 0.6 is 11.6 Å². The van der Waals surface area contributed by atoms with E-state index in [1.54, 1.807) is 18.2 Å². The summed E-state index contributed by atoms with van der Waals surface area (Å²) in [5, 5.41) is 0.336. The van der Waals surface area contributed by atoms with Gasteiger partial charge in [-0.2, -0.15) is 0 Å². The average molecular weight is 281 g/mol. The number of carbonyl (C=O) groups excluding carboxylic acids is 1. The lowest BCUT2D eigenvalue weighted by atomic mass is 10.0. The second-order valence-corrected chi connectivity index (χ2v) is 4.63. The molecule has 0 atom stereocenters. The van der Waals surface area contributed by atoms with E-state index < -0.39 is 11.6 Å². The highest BCUT2D eigenvalue weighted by Gasteiger charge is 2.11. The van der Waals surface area contributed by atoms with Crippen LogP contribution in [0.25, 0.3) is 0 Å². The molecule has 0 saturated carbocycles. The summed E-state index contributed by atoms with van der Waals surface area (Å²) >= 11 is 5.88. The van der Waals surface area contributed by atoms with Crippen LogP contribution in [0.2, 0.25) is 5.02 Å². The molecule has 0 saturated heterocycles. The summed E-state index contributed by atoms with van der Waals surface area (Å²) in [5.74, 6) is -1.07. The summed E-state index contributed by atoms with van der Waals surface area (Å²) < 4.78 is 26.5. The Kier molecular flexibility index (Phi) is 4.27. The van der Waals surface area contributed by atoms with Gasteiger partial charge in [0.1, 0.15) is 17.4 Å². The number of benzene rings is 2. The van der Waals surface area contributed by atoms with Crippen molar-refractivity contribution in [1.29, 1.82) is 0 Å². The van der Waals surface area contributed by atoms with Gasteiger partial charge in [0, 0.05) is 17.9 Å². The molecular formula is C15H11ClF2O. The predicted octanol–water partition coefficient (Wildman–Crippen LogP) is 3.97. The molecular weight excluding hydrogens is 270 g/mol. The zero-order chi connectivity index (χ0) is 13.8. The number of carbonyl (C=O) groups is 1. The number of ketones is 1. The molecule has 0 aromatic heterocycles. The minimum absolute atomic E-state index is 0.00900. The van der Waals surface area contributed by atoms with Crippen molar-refractivity contribution in [1.82, 2.24) is 0 Å². The van der Waals surface area contributed by atoms with E-state index in [0.29, 0.717) is 16.1 Å². The van der Waals surface area contributed by atoms with Crippen LogP contribution in [0.3, 0.4) is 0 Å². The highest BCUT2D eigenvalue weighted by Crippen LogP contribution is 2.18. The lowest BCUT2D eigenvalue weighted by Gasteiger charge is -2.05. The summed E-state index contributed by atoms with van der Waals surface area (Å²) in [6, 6.07) is 9.95. The molecule has 2 rings (SSSR count). The number of hydrogen-bond donors (Lipinski definition) is 0. The van der Waals surface area contributed by atoms with E-state index in [1.807, 2.05) is 0 Å². The minimum atomic E-state index is -0.446. The Hall–Kier alpha value is -1.74. The van der Waals surface area contributed by atoms with Crippen LogP contribution in [-0.4, -0.2) is 5.78 Å². The van der Waals surface area contributed by atoms with Crippen molar-refractivity contribution in [3.8, 4) is 0 Å². The first-order valence-electron chi connectivity index (χ1n) is 5.75. The Labute approximate surface area is 114 Å². The van der Waals surface area contributed by atoms with Crippen LogP contribution in [0.1, 0.15) is 11.1 Å². The molecule has 19 heavy (non-hydrogen) atoms. The maximum atomic E-state index is 13.4. The molecule has 0 radical (unpaired) electrons. The summed E-state index contributed by atoms with van der Waals surface area (Å²) in [6.45, 7) is 0. The Morgan fingerprint density at radius 1 is 1.00 bits per heavy atom. The summed E-state index contributed by atoms with van der Waals surface area (Å²) in [6.07, 6.45) is -0.0373. The third kappa shape index (κ3) is 3.61. The van der Waals surface area contributed by atoms with Gasteiger partial charge < -0.3 is 0 Å². The lowest BCUT2D eigenvalue weighted by Crippen LogP contribution is -2.08. The Bertz CT molecular complexity index is 611. The molecule has 0 amide bonds. The minimum Gasteiger partial charge on any atom is -0.299 e. The van der Waals surface area contributed by atoms with Crippen LogP contribution in [0.5, 0.6) is 0 Å². The maximum Gasteiger partial charge on any atom is 0.141 e. The monoisotopic (exact) mass is 280 g/mol. The van der Waals surface area contributed by atoms with Gasteiger partial charge in [0.25, 0.3) is 0 Å². The van der Waals surface area contributed by atoms with Crippen molar-refractivity contribution < 1.29 is 13.6 Å². The highest BCUT2D eigenvalue weighted by molar-refractivity contribution is 6.31. The fraction of sp³-hybridized carbons (Fsp3) is 0.133. The molecule has 0 spiro atoms. The zero-order valence-electron chi connectivity index (χ0n) is 10.00. The molecule has 2 aromatic rings. The second-order valence-electron chi connectivity index (χ2n) is 4.22. The molecule has 0 aliphatic heterocycles. The number of halogens is 3. The van der Waals surface area contributed by atoms with Crippen LogP contribution in [0, 0.1) is 11.6 Å². The molecule has 0 bridgehead atoms. The summed E-state index contributed by atoms with van der Waals surface area (Å²) in [5.41, 5.74) is 0.753. The molecule has 98 valence electrons. The maximum absolute atomic E-state index is 13.4. The topological polar surface area (TPSA) is 17.1 Å². The highest BCUT2D eigenvalue weighted by atomic mass is 35.5. The van der Waals surface area contributed by atoms with Crippen molar-refractivity contribution in [2.45, 2.75) is 12.8 Å². The largest absolute Gasteiger partial charge is 0.299 e. The lowest BCUT2D eigenvalue weighted by molar-refractivity contribution is -0.117. The van der Waals surface area contributed by atoms with Gasteiger partial charge in [-0.1, -0.05) is 29.8 Å². The van der Waals surface area contributed by atoms with Crippen LogP contribution < -0.4 is 0 Å². The zero-order valence-corrected chi connectivity index (χ0v) is 10.8.